The van der Waals surface area contributed by atoms with Crippen LogP contribution in [0.3, 0.4) is 0 Å². The van der Waals surface area contributed by atoms with Crippen LogP contribution in [0.2, 0.25) is 0 Å². The molecule has 0 amide bonds. The van der Waals surface area contributed by atoms with Crippen LogP contribution in [-0.4, -0.2) is 15.6 Å². The first-order valence-electron chi connectivity index (χ1n) is 6.79. The summed E-state index contributed by atoms with van der Waals surface area (Å²) in [4.78, 5) is 4.80. The number of nitrogens with zero attached hydrogens (tertiary/aromatic N) is 1. The summed E-state index contributed by atoms with van der Waals surface area (Å²) in [5.74, 6) is 0. The van der Waals surface area contributed by atoms with Gasteiger partial charge in [0.15, 0.2) is 0 Å². The van der Waals surface area contributed by atoms with Crippen LogP contribution in [0.25, 0.3) is 10.2 Å². The fourth-order valence-electron chi connectivity index (χ4n) is 2.46. The standard InChI is InChI=1S/C17H15Br2NS/c18-11-17(12-19,13-6-2-1-3-7-13)10-16-20-14-8-4-5-9-15(14)21-16/h1-9H,10-12H2. The fraction of sp³-hybridized carbons (Fsp3) is 0.235. The van der Waals surface area contributed by atoms with E-state index in [4.69, 9.17) is 4.98 Å². The first-order valence-corrected chi connectivity index (χ1v) is 9.85. The summed E-state index contributed by atoms with van der Waals surface area (Å²) in [6.45, 7) is 0. The Balaban J connectivity index is 1.98. The molecule has 3 aromatic rings. The van der Waals surface area contributed by atoms with Crippen molar-refractivity contribution in [2.45, 2.75) is 11.8 Å². The molecular weight excluding hydrogens is 410 g/mol. The van der Waals surface area contributed by atoms with E-state index in [1.165, 1.54) is 15.3 Å². The lowest BCUT2D eigenvalue weighted by Gasteiger charge is -2.29. The molecule has 4 heteroatoms. The molecule has 0 aliphatic heterocycles. The van der Waals surface area contributed by atoms with E-state index in [-0.39, 0.29) is 5.41 Å². The van der Waals surface area contributed by atoms with Gasteiger partial charge in [-0.25, -0.2) is 4.98 Å². The smallest absolute Gasteiger partial charge is 0.0948 e. The quantitative estimate of drug-likeness (QED) is 0.488. The highest BCUT2D eigenvalue weighted by atomic mass is 79.9. The van der Waals surface area contributed by atoms with Crippen molar-refractivity contribution in [2.24, 2.45) is 0 Å². The van der Waals surface area contributed by atoms with Crippen LogP contribution in [0.15, 0.2) is 54.6 Å². The molecule has 0 saturated carbocycles. The lowest BCUT2D eigenvalue weighted by molar-refractivity contribution is 0.550. The van der Waals surface area contributed by atoms with E-state index in [2.05, 4.69) is 80.4 Å². The topological polar surface area (TPSA) is 12.9 Å². The summed E-state index contributed by atoms with van der Waals surface area (Å²) in [5, 5.41) is 3.01. The van der Waals surface area contributed by atoms with Gasteiger partial charge in [-0.3, -0.25) is 0 Å². The number of rotatable bonds is 5. The van der Waals surface area contributed by atoms with Crippen molar-refractivity contribution in [3.8, 4) is 0 Å². The Kier molecular flexibility index (Phi) is 4.77. The molecule has 0 N–H and O–H groups in total. The monoisotopic (exact) mass is 423 g/mol. The molecular formula is C17H15Br2NS. The van der Waals surface area contributed by atoms with Gasteiger partial charge in [0.1, 0.15) is 0 Å². The molecule has 0 aliphatic rings. The van der Waals surface area contributed by atoms with Crippen molar-refractivity contribution < 1.29 is 0 Å². The maximum atomic E-state index is 4.80. The summed E-state index contributed by atoms with van der Waals surface area (Å²) < 4.78 is 1.26. The van der Waals surface area contributed by atoms with E-state index >= 15 is 0 Å². The molecule has 0 radical (unpaired) electrons. The van der Waals surface area contributed by atoms with Gasteiger partial charge in [0, 0.05) is 22.5 Å². The highest BCUT2D eigenvalue weighted by Gasteiger charge is 2.31. The summed E-state index contributed by atoms with van der Waals surface area (Å²) >= 11 is 9.23. The number of aromatic nitrogens is 1. The van der Waals surface area contributed by atoms with Gasteiger partial charge in [0.05, 0.1) is 15.2 Å². The van der Waals surface area contributed by atoms with Crippen LogP contribution >= 0.6 is 43.2 Å². The molecule has 0 saturated heterocycles. The molecule has 0 bridgehead atoms. The van der Waals surface area contributed by atoms with Crippen LogP contribution in [0, 0.1) is 0 Å². The van der Waals surface area contributed by atoms with Crippen LogP contribution in [0.5, 0.6) is 0 Å². The predicted octanol–water partition coefficient (Wildman–Crippen LogP) is 5.57. The molecule has 0 spiro atoms. The maximum Gasteiger partial charge on any atom is 0.0948 e. The van der Waals surface area contributed by atoms with Crippen LogP contribution in [-0.2, 0) is 11.8 Å². The number of fused-ring (bicyclic) bond motifs is 1. The van der Waals surface area contributed by atoms with Crippen molar-refractivity contribution in [3.05, 3.63) is 65.2 Å². The van der Waals surface area contributed by atoms with Crippen molar-refractivity contribution in [1.82, 2.24) is 4.98 Å². The Morgan fingerprint density at radius 3 is 2.24 bits per heavy atom. The van der Waals surface area contributed by atoms with Crippen molar-refractivity contribution >= 4 is 53.4 Å². The number of hydrogen-bond donors (Lipinski definition) is 0. The SMILES string of the molecule is BrCC(CBr)(Cc1nc2ccccc2s1)c1ccccc1. The number of hydrogen-bond acceptors (Lipinski definition) is 2. The number of halogens is 2. The minimum absolute atomic E-state index is 0.0368. The average molecular weight is 425 g/mol. The van der Waals surface area contributed by atoms with Gasteiger partial charge in [-0.1, -0.05) is 74.3 Å². The molecule has 1 nitrogen and oxygen atoms in total. The van der Waals surface area contributed by atoms with Crippen molar-refractivity contribution in [1.29, 1.82) is 0 Å². The molecule has 3 rings (SSSR count). The van der Waals surface area contributed by atoms with E-state index in [0.29, 0.717) is 0 Å². The Labute approximate surface area is 145 Å². The van der Waals surface area contributed by atoms with Gasteiger partial charge in [-0.15, -0.1) is 11.3 Å². The highest BCUT2D eigenvalue weighted by Crippen LogP contribution is 2.35. The predicted molar refractivity (Wildman–Crippen MR) is 99.0 cm³/mol. The summed E-state index contributed by atoms with van der Waals surface area (Å²) in [5.41, 5.74) is 2.48. The number of para-hydroxylation sites is 1. The van der Waals surface area contributed by atoms with E-state index in [1.807, 2.05) is 6.07 Å². The summed E-state index contributed by atoms with van der Waals surface area (Å²) in [6, 6.07) is 19.0. The Bertz CT molecular complexity index is 687. The zero-order valence-electron chi connectivity index (χ0n) is 11.4. The van der Waals surface area contributed by atoms with E-state index in [1.54, 1.807) is 11.3 Å². The molecule has 0 fully saturated rings. The second kappa shape index (κ2) is 6.59. The van der Waals surface area contributed by atoms with Crippen molar-refractivity contribution in [3.63, 3.8) is 0 Å². The third-order valence-electron chi connectivity index (χ3n) is 3.73. The van der Waals surface area contributed by atoms with Crippen LogP contribution in [0.1, 0.15) is 10.6 Å². The Hall–Kier alpha value is -0.710. The molecule has 0 unspecified atom stereocenters. The first kappa shape index (κ1) is 15.2. The molecule has 108 valence electrons. The number of alkyl halides is 2. The summed E-state index contributed by atoms with van der Waals surface area (Å²) in [7, 11) is 0. The summed E-state index contributed by atoms with van der Waals surface area (Å²) in [6.07, 6.45) is 0.937. The normalized spacial score (nSPS) is 11.9. The molecule has 0 atom stereocenters. The molecule has 2 aromatic carbocycles. The molecule has 21 heavy (non-hydrogen) atoms. The van der Waals surface area contributed by atoms with Gasteiger partial charge in [-0.2, -0.15) is 0 Å². The van der Waals surface area contributed by atoms with Gasteiger partial charge >= 0.3 is 0 Å². The van der Waals surface area contributed by atoms with Crippen LogP contribution in [0.4, 0.5) is 0 Å². The third kappa shape index (κ3) is 3.08. The Morgan fingerprint density at radius 1 is 0.905 bits per heavy atom. The average Bonchev–Trinajstić information content (AvgIpc) is 2.96. The number of thiazole rings is 1. The third-order valence-corrected chi connectivity index (χ3v) is 6.91. The van der Waals surface area contributed by atoms with E-state index < -0.39 is 0 Å². The van der Waals surface area contributed by atoms with E-state index in [9.17, 15) is 0 Å². The van der Waals surface area contributed by atoms with Gasteiger partial charge < -0.3 is 0 Å². The second-order valence-corrected chi connectivity index (χ2v) is 7.40. The first-order chi connectivity index (χ1) is 10.3. The van der Waals surface area contributed by atoms with E-state index in [0.717, 1.165) is 22.6 Å². The Morgan fingerprint density at radius 2 is 1.57 bits per heavy atom. The van der Waals surface area contributed by atoms with Gasteiger partial charge in [-0.05, 0) is 17.7 Å². The number of benzene rings is 2. The largest absolute Gasteiger partial charge is 0.241 e. The second-order valence-electron chi connectivity index (χ2n) is 5.17. The zero-order chi connectivity index (χ0) is 14.7. The molecule has 1 heterocycles. The lowest BCUT2D eigenvalue weighted by Crippen LogP contribution is -2.32. The lowest BCUT2D eigenvalue weighted by atomic mass is 9.82. The van der Waals surface area contributed by atoms with Gasteiger partial charge in [0.2, 0.25) is 0 Å². The highest BCUT2D eigenvalue weighted by molar-refractivity contribution is 9.09. The van der Waals surface area contributed by atoms with Crippen LogP contribution < -0.4 is 0 Å². The zero-order valence-corrected chi connectivity index (χ0v) is 15.4. The fourth-order valence-corrected chi connectivity index (χ4v) is 5.55. The molecule has 1 aromatic heterocycles. The minimum Gasteiger partial charge on any atom is -0.241 e. The maximum absolute atomic E-state index is 4.80. The van der Waals surface area contributed by atoms with Crippen molar-refractivity contribution in [2.75, 3.05) is 10.7 Å². The van der Waals surface area contributed by atoms with Gasteiger partial charge in [0.25, 0.3) is 0 Å². The minimum atomic E-state index is 0.0368. The molecule has 0 aliphatic carbocycles.